The fraction of sp³-hybridized carbons (Fsp3) is 0.0351. The average Bonchev–Trinajstić information content (AvgIpc) is 3.34. The van der Waals surface area contributed by atoms with Crippen LogP contribution in [-0.4, -0.2) is 24.9 Å². The molecule has 0 N–H and O–H groups in total. The Morgan fingerprint density at radius 3 is 1.21 bits per heavy atom. The van der Waals surface area contributed by atoms with Crippen molar-refractivity contribution in [3.05, 3.63) is 224 Å². The quantitative estimate of drug-likeness (QED) is 0.146. The van der Waals surface area contributed by atoms with E-state index in [0.29, 0.717) is 17.5 Å². The van der Waals surface area contributed by atoms with Gasteiger partial charge in [-0.15, -0.1) is 0 Å². The summed E-state index contributed by atoms with van der Waals surface area (Å²) in [6.45, 7) is 4.18. The molecule has 0 bridgehead atoms. The Balaban J connectivity index is 1.18. The number of aromatic nitrogens is 5. The van der Waals surface area contributed by atoms with Crippen LogP contribution in [0.25, 0.3) is 101 Å². The Bertz CT molecular complexity index is 3080. The summed E-state index contributed by atoms with van der Waals surface area (Å²) in [6, 6.07) is 69.9. The Kier molecular flexibility index (Phi) is 10.3. The van der Waals surface area contributed by atoms with E-state index >= 15 is 0 Å². The van der Waals surface area contributed by atoms with Crippen molar-refractivity contribution in [3.63, 3.8) is 0 Å². The third-order valence-electron chi connectivity index (χ3n) is 11.2. The number of aryl methyl sites for hydroxylation is 2. The summed E-state index contributed by atoms with van der Waals surface area (Å²) in [7, 11) is 0. The van der Waals surface area contributed by atoms with Crippen LogP contribution in [-0.2, 0) is 0 Å². The summed E-state index contributed by atoms with van der Waals surface area (Å²) in [5.74, 6) is 1.79. The van der Waals surface area contributed by atoms with Gasteiger partial charge in [0.1, 0.15) is 0 Å². The minimum Gasteiger partial charge on any atom is -0.256 e. The van der Waals surface area contributed by atoms with Gasteiger partial charge < -0.3 is 0 Å². The van der Waals surface area contributed by atoms with Crippen LogP contribution in [0.2, 0.25) is 0 Å². The zero-order valence-electron chi connectivity index (χ0n) is 34.4. The highest BCUT2D eigenvalue weighted by Gasteiger charge is 2.22. The number of hydrogen-bond acceptors (Lipinski definition) is 5. The second-order valence-corrected chi connectivity index (χ2v) is 15.5. The highest BCUT2D eigenvalue weighted by atomic mass is 15.0. The van der Waals surface area contributed by atoms with Crippen molar-refractivity contribution in [1.82, 2.24) is 24.9 Å². The SMILES string of the molecule is Cc1cccc(-c2nc(-c3cccc(C)c3)nc(-c3cc(-c4ccc(-c5ccc(-c6ccccn6)cc5)cc4)cc(-c4ccc(-c5ccccc5)cc4)c3-c3ccccn3)n2)c1. The van der Waals surface area contributed by atoms with E-state index in [-0.39, 0.29) is 0 Å². The van der Waals surface area contributed by atoms with Crippen molar-refractivity contribution >= 4 is 0 Å². The van der Waals surface area contributed by atoms with Gasteiger partial charge in [-0.05, 0) is 107 Å². The molecule has 0 atom stereocenters. The van der Waals surface area contributed by atoms with Crippen LogP contribution in [0.1, 0.15) is 11.1 Å². The molecule has 7 aromatic carbocycles. The maximum Gasteiger partial charge on any atom is 0.164 e. The zero-order valence-corrected chi connectivity index (χ0v) is 34.4. The van der Waals surface area contributed by atoms with Gasteiger partial charge in [0, 0.05) is 40.2 Å². The van der Waals surface area contributed by atoms with Crippen LogP contribution < -0.4 is 0 Å². The lowest BCUT2D eigenvalue weighted by atomic mass is 9.87. The maximum absolute atomic E-state index is 5.30. The normalized spacial score (nSPS) is 11.1. The van der Waals surface area contributed by atoms with Crippen molar-refractivity contribution in [2.24, 2.45) is 0 Å². The third kappa shape index (κ3) is 7.95. The monoisotopic (exact) mass is 795 g/mol. The predicted molar refractivity (Wildman–Crippen MR) is 254 cm³/mol. The summed E-state index contributed by atoms with van der Waals surface area (Å²) in [4.78, 5) is 25.2. The molecular formula is C57H41N5. The molecule has 62 heavy (non-hydrogen) atoms. The van der Waals surface area contributed by atoms with E-state index in [1.165, 1.54) is 5.56 Å². The molecular weight excluding hydrogens is 755 g/mol. The topological polar surface area (TPSA) is 64.5 Å². The van der Waals surface area contributed by atoms with Gasteiger partial charge in [-0.25, -0.2) is 15.0 Å². The molecule has 5 heteroatoms. The van der Waals surface area contributed by atoms with E-state index in [1.807, 2.05) is 48.8 Å². The second-order valence-electron chi connectivity index (χ2n) is 15.5. The number of benzene rings is 7. The van der Waals surface area contributed by atoms with Gasteiger partial charge in [0.15, 0.2) is 17.5 Å². The fourth-order valence-electron chi connectivity index (χ4n) is 8.02. The number of pyridine rings is 2. The first-order valence-electron chi connectivity index (χ1n) is 20.8. The summed E-state index contributed by atoms with van der Waals surface area (Å²) in [5, 5.41) is 0. The molecule has 0 fully saturated rings. The van der Waals surface area contributed by atoms with Crippen LogP contribution >= 0.6 is 0 Å². The molecule has 0 radical (unpaired) electrons. The summed E-state index contributed by atoms with van der Waals surface area (Å²) in [6.07, 6.45) is 3.68. The molecule has 10 rings (SSSR count). The first-order valence-corrected chi connectivity index (χ1v) is 20.8. The molecule has 0 aliphatic heterocycles. The molecule has 3 aromatic heterocycles. The van der Waals surface area contributed by atoms with Gasteiger partial charge in [0.25, 0.3) is 0 Å². The zero-order chi connectivity index (χ0) is 41.8. The van der Waals surface area contributed by atoms with Gasteiger partial charge in [-0.3, -0.25) is 9.97 Å². The van der Waals surface area contributed by atoms with E-state index in [2.05, 4.69) is 183 Å². The van der Waals surface area contributed by atoms with E-state index in [4.69, 9.17) is 19.9 Å². The molecule has 0 saturated heterocycles. The molecule has 3 heterocycles. The Morgan fingerprint density at radius 2 is 0.694 bits per heavy atom. The predicted octanol–water partition coefficient (Wildman–Crippen LogP) is 14.3. The van der Waals surface area contributed by atoms with E-state index in [1.54, 1.807) is 0 Å². The lowest BCUT2D eigenvalue weighted by Gasteiger charge is -2.19. The van der Waals surface area contributed by atoms with Crippen molar-refractivity contribution in [2.45, 2.75) is 13.8 Å². The first kappa shape index (κ1) is 38.1. The second kappa shape index (κ2) is 16.8. The highest BCUT2D eigenvalue weighted by Crippen LogP contribution is 2.43. The lowest BCUT2D eigenvalue weighted by molar-refractivity contribution is 1.07. The van der Waals surface area contributed by atoms with Crippen LogP contribution in [0.3, 0.4) is 0 Å². The van der Waals surface area contributed by atoms with E-state index in [9.17, 15) is 0 Å². The largest absolute Gasteiger partial charge is 0.256 e. The third-order valence-corrected chi connectivity index (χ3v) is 11.2. The molecule has 5 nitrogen and oxygen atoms in total. The van der Waals surface area contributed by atoms with E-state index in [0.717, 1.165) is 89.3 Å². The number of hydrogen-bond donors (Lipinski definition) is 0. The highest BCUT2D eigenvalue weighted by molar-refractivity contribution is 5.96. The Morgan fingerprint density at radius 1 is 0.274 bits per heavy atom. The van der Waals surface area contributed by atoms with Gasteiger partial charge in [0.2, 0.25) is 0 Å². The van der Waals surface area contributed by atoms with Gasteiger partial charge >= 0.3 is 0 Å². The smallest absolute Gasteiger partial charge is 0.164 e. The minimum absolute atomic E-state index is 0.572. The van der Waals surface area contributed by atoms with Crippen molar-refractivity contribution in [1.29, 1.82) is 0 Å². The molecule has 0 spiro atoms. The molecule has 0 unspecified atom stereocenters. The Labute approximate surface area is 362 Å². The summed E-state index contributed by atoms with van der Waals surface area (Å²) in [5.41, 5.74) is 17.6. The first-order chi connectivity index (χ1) is 30.5. The molecule has 0 saturated carbocycles. The van der Waals surface area contributed by atoms with Gasteiger partial charge in [-0.2, -0.15) is 0 Å². The average molecular weight is 796 g/mol. The van der Waals surface area contributed by atoms with Crippen LogP contribution in [0.4, 0.5) is 0 Å². The van der Waals surface area contributed by atoms with Crippen LogP contribution in [0.5, 0.6) is 0 Å². The molecule has 0 amide bonds. The fourth-order valence-corrected chi connectivity index (χ4v) is 8.02. The standard InChI is InChI=1S/C57H41N5/c1-38-12-10-16-47(34-38)55-60-56(48-17-11-13-39(2)35-48)62-57(61-55)51-37-49(44-22-20-42(21-23-44)43-26-30-46(31-27-43)52-18-6-8-32-58-52)36-50(54(51)53-19-7-9-33-59-53)45-28-24-41(25-29-45)40-14-4-3-5-15-40/h3-37H,1-2H3. The van der Waals surface area contributed by atoms with Crippen molar-refractivity contribution in [2.75, 3.05) is 0 Å². The van der Waals surface area contributed by atoms with Gasteiger partial charge in [0.05, 0.1) is 11.4 Å². The maximum atomic E-state index is 5.30. The van der Waals surface area contributed by atoms with E-state index < -0.39 is 0 Å². The number of rotatable bonds is 9. The molecule has 294 valence electrons. The molecule has 0 aliphatic carbocycles. The van der Waals surface area contributed by atoms with Crippen molar-refractivity contribution < 1.29 is 0 Å². The Hall–Kier alpha value is -8.15. The molecule has 0 aliphatic rings. The summed E-state index contributed by atoms with van der Waals surface area (Å²) >= 11 is 0. The number of nitrogens with zero attached hydrogens (tertiary/aromatic N) is 5. The van der Waals surface area contributed by atoms with Crippen LogP contribution in [0.15, 0.2) is 213 Å². The lowest BCUT2D eigenvalue weighted by Crippen LogP contribution is -2.03. The van der Waals surface area contributed by atoms with Crippen molar-refractivity contribution in [3.8, 4) is 101 Å². The van der Waals surface area contributed by atoms with Gasteiger partial charge in [-0.1, -0.05) is 163 Å². The summed E-state index contributed by atoms with van der Waals surface area (Å²) < 4.78 is 0. The van der Waals surface area contributed by atoms with Crippen LogP contribution in [0, 0.1) is 13.8 Å². The minimum atomic E-state index is 0.572. The molecule has 10 aromatic rings.